The van der Waals surface area contributed by atoms with Crippen molar-refractivity contribution in [3.05, 3.63) is 59.9 Å². The number of carbonyl (C=O) groups is 1. The Morgan fingerprint density at radius 1 is 1.21 bits per heavy atom. The third kappa shape index (κ3) is 4.11. The molecule has 2 aromatic rings. The van der Waals surface area contributed by atoms with Gasteiger partial charge in [-0.15, -0.1) is 0 Å². The number of aliphatic carboxylic acids is 1. The van der Waals surface area contributed by atoms with Gasteiger partial charge in [0.2, 0.25) is 0 Å². The number of para-hydroxylation sites is 1. The van der Waals surface area contributed by atoms with Crippen LogP contribution in [0.25, 0.3) is 0 Å². The Labute approximate surface area is 141 Å². The van der Waals surface area contributed by atoms with Crippen LogP contribution in [0.3, 0.4) is 0 Å². The van der Waals surface area contributed by atoms with Crippen LogP contribution in [0, 0.1) is 0 Å². The van der Waals surface area contributed by atoms with Crippen LogP contribution in [0.2, 0.25) is 0 Å². The molecule has 5 nitrogen and oxygen atoms in total. The molecule has 24 heavy (non-hydrogen) atoms. The number of nitrogens with zero attached hydrogens (tertiary/aromatic N) is 2. The van der Waals surface area contributed by atoms with Gasteiger partial charge in [0, 0.05) is 18.3 Å². The fourth-order valence-electron chi connectivity index (χ4n) is 3.22. The maximum atomic E-state index is 10.8. The van der Waals surface area contributed by atoms with Crippen LogP contribution in [0.1, 0.15) is 36.6 Å². The van der Waals surface area contributed by atoms with Crippen molar-refractivity contribution in [1.82, 2.24) is 9.88 Å². The van der Waals surface area contributed by atoms with E-state index in [9.17, 15) is 4.79 Å². The Hall–Kier alpha value is -2.40. The molecule has 1 N–H and O–H groups in total. The lowest BCUT2D eigenvalue weighted by molar-refractivity contribution is -0.139. The minimum absolute atomic E-state index is 0.299. The molecule has 0 bridgehead atoms. The number of likely N-dealkylation sites (tertiary alicyclic amines) is 1. The molecule has 1 aliphatic rings. The van der Waals surface area contributed by atoms with Crippen molar-refractivity contribution >= 4 is 5.97 Å². The number of aromatic nitrogens is 1. The zero-order valence-corrected chi connectivity index (χ0v) is 13.6. The van der Waals surface area contributed by atoms with Crippen LogP contribution in [-0.2, 0) is 11.3 Å². The van der Waals surface area contributed by atoms with Crippen LogP contribution in [0.15, 0.2) is 48.7 Å². The van der Waals surface area contributed by atoms with Crippen molar-refractivity contribution in [2.24, 2.45) is 0 Å². The summed E-state index contributed by atoms with van der Waals surface area (Å²) in [4.78, 5) is 17.7. The molecule has 1 saturated heterocycles. The Kier molecular flexibility index (Phi) is 5.43. The molecule has 3 rings (SSSR count). The van der Waals surface area contributed by atoms with Gasteiger partial charge in [0.15, 0.2) is 6.61 Å². The van der Waals surface area contributed by atoms with E-state index in [1.165, 1.54) is 12.8 Å². The summed E-state index contributed by atoms with van der Waals surface area (Å²) >= 11 is 0. The topological polar surface area (TPSA) is 62.7 Å². The Bertz CT molecular complexity index is 675. The smallest absolute Gasteiger partial charge is 0.341 e. The van der Waals surface area contributed by atoms with Crippen molar-refractivity contribution in [1.29, 1.82) is 0 Å². The number of ether oxygens (including phenoxy) is 1. The molecule has 126 valence electrons. The molecule has 0 amide bonds. The van der Waals surface area contributed by atoms with Gasteiger partial charge in [-0.1, -0.05) is 30.7 Å². The highest BCUT2D eigenvalue weighted by molar-refractivity contribution is 5.68. The summed E-state index contributed by atoms with van der Waals surface area (Å²) in [6.45, 7) is 1.42. The fraction of sp³-hybridized carbons (Fsp3) is 0.368. The molecule has 0 saturated carbocycles. The van der Waals surface area contributed by atoms with Gasteiger partial charge in [0.1, 0.15) is 5.75 Å². The minimum atomic E-state index is -0.964. The first-order valence-corrected chi connectivity index (χ1v) is 8.31. The Morgan fingerprint density at radius 3 is 2.83 bits per heavy atom. The highest BCUT2D eigenvalue weighted by Crippen LogP contribution is 2.32. The van der Waals surface area contributed by atoms with E-state index in [1.807, 2.05) is 42.6 Å². The predicted octanol–water partition coefficient (Wildman–Crippen LogP) is 3.27. The maximum absolute atomic E-state index is 10.8. The highest BCUT2D eigenvalue weighted by Gasteiger charge is 2.25. The van der Waals surface area contributed by atoms with Gasteiger partial charge >= 0.3 is 5.97 Å². The van der Waals surface area contributed by atoms with E-state index in [4.69, 9.17) is 9.84 Å². The Morgan fingerprint density at radius 2 is 2.04 bits per heavy atom. The second-order valence-electron chi connectivity index (χ2n) is 6.03. The molecule has 1 unspecified atom stereocenters. The van der Waals surface area contributed by atoms with E-state index < -0.39 is 5.97 Å². The predicted molar refractivity (Wildman–Crippen MR) is 90.8 cm³/mol. The van der Waals surface area contributed by atoms with Gasteiger partial charge in [-0.05, 0) is 37.6 Å². The quantitative estimate of drug-likeness (QED) is 0.883. The first kappa shape index (κ1) is 16.5. The highest BCUT2D eigenvalue weighted by atomic mass is 16.5. The standard InChI is InChI=1S/C19H22N2O3/c22-19(23)14-24-18-10-2-1-7-15(18)13-21-12-6-4-9-17(21)16-8-3-5-11-20-16/h1-3,5,7-8,10-11,17H,4,6,9,12-14H2,(H,22,23). The summed E-state index contributed by atoms with van der Waals surface area (Å²) in [5.41, 5.74) is 2.11. The van der Waals surface area contributed by atoms with Gasteiger partial charge in [0.05, 0.1) is 11.7 Å². The molecule has 1 atom stereocenters. The number of pyridine rings is 1. The maximum Gasteiger partial charge on any atom is 0.341 e. The number of carboxylic acid groups (broad SMARTS) is 1. The average molecular weight is 326 g/mol. The molecule has 1 aliphatic heterocycles. The first-order valence-electron chi connectivity index (χ1n) is 8.31. The van der Waals surface area contributed by atoms with Crippen molar-refractivity contribution < 1.29 is 14.6 Å². The lowest BCUT2D eigenvalue weighted by Crippen LogP contribution is -2.33. The normalized spacial score (nSPS) is 18.2. The van der Waals surface area contributed by atoms with E-state index in [-0.39, 0.29) is 6.61 Å². The molecular weight excluding hydrogens is 304 g/mol. The molecule has 1 aromatic heterocycles. The molecule has 2 heterocycles. The zero-order chi connectivity index (χ0) is 16.8. The van der Waals surface area contributed by atoms with Gasteiger partial charge in [0.25, 0.3) is 0 Å². The number of benzene rings is 1. The van der Waals surface area contributed by atoms with E-state index in [1.54, 1.807) is 0 Å². The number of hydrogen-bond acceptors (Lipinski definition) is 4. The van der Waals surface area contributed by atoms with Crippen molar-refractivity contribution in [3.8, 4) is 5.75 Å². The van der Waals surface area contributed by atoms with E-state index in [2.05, 4.69) is 16.0 Å². The third-order valence-electron chi connectivity index (χ3n) is 4.34. The molecule has 1 fully saturated rings. The largest absolute Gasteiger partial charge is 0.482 e. The SMILES string of the molecule is O=C(O)COc1ccccc1CN1CCCCC1c1ccccn1. The molecule has 0 radical (unpaired) electrons. The monoisotopic (exact) mass is 326 g/mol. The lowest BCUT2D eigenvalue weighted by Gasteiger charge is -2.35. The summed E-state index contributed by atoms with van der Waals surface area (Å²) < 4.78 is 5.44. The molecule has 0 aliphatic carbocycles. The summed E-state index contributed by atoms with van der Waals surface area (Å²) in [7, 11) is 0. The van der Waals surface area contributed by atoms with E-state index in [0.29, 0.717) is 11.8 Å². The van der Waals surface area contributed by atoms with E-state index >= 15 is 0 Å². The summed E-state index contributed by atoms with van der Waals surface area (Å²) in [5, 5.41) is 8.83. The lowest BCUT2D eigenvalue weighted by atomic mass is 9.98. The van der Waals surface area contributed by atoms with Crippen LogP contribution in [-0.4, -0.2) is 34.1 Å². The van der Waals surface area contributed by atoms with Crippen LogP contribution < -0.4 is 4.74 Å². The Balaban J connectivity index is 1.77. The van der Waals surface area contributed by atoms with Crippen LogP contribution >= 0.6 is 0 Å². The first-order chi connectivity index (χ1) is 11.7. The van der Waals surface area contributed by atoms with Gasteiger partial charge < -0.3 is 9.84 Å². The van der Waals surface area contributed by atoms with Gasteiger partial charge in [-0.3, -0.25) is 9.88 Å². The number of hydrogen-bond donors (Lipinski definition) is 1. The summed E-state index contributed by atoms with van der Waals surface area (Å²) in [6, 6.07) is 14.0. The summed E-state index contributed by atoms with van der Waals surface area (Å²) in [6.07, 6.45) is 5.30. The second kappa shape index (κ2) is 7.93. The van der Waals surface area contributed by atoms with E-state index in [0.717, 1.165) is 30.8 Å². The van der Waals surface area contributed by atoms with Gasteiger partial charge in [-0.25, -0.2) is 4.79 Å². The third-order valence-corrected chi connectivity index (χ3v) is 4.34. The molecule has 0 spiro atoms. The van der Waals surface area contributed by atoms with Crippen molar-refractivity contribution in [2.45, 2.75) is 31.8 Å². The second-order valence-corrected chi connectivity index (χ2v) is 6.03. The van der Waals surface area contributed by atoms with Crippen molar-refractivity contribution in [3.63, 3.8) is 0 Å². The molecule has 5 heteroatoms. The number of rotatable bonds is 6. The van der Waals surface area contributed by atoms with Crippen molar-refractivity contribution in [2.75, 3.05) is 13.2 Å². The molecular formula is C19H22N2O3. The van der Waals surface area contributed by atoms with Gasteiger partial charge in [-0.2, -0.15) is 0 Å². The average Bonchev–Trinajstić information content (AvgIpc) is 2.62. The van der Waals surface area contributed by atoms with Crippen LogP contribution in [0.4, 0.5) is 0 Å². The summed E-state index contributed by atoms with van der Waals surface area (Å²) in [5.74, 6) is -0.320. The number of piperidine rings is 1. The van der Waals surface area contributed by atoms with Crippen LogP contribution in [0.5, 0.6) is 5.75 Å². The zero-order valence-electron chi connectivity index (χ0n) is 13.6. The molecule has 1 aromatic carbocycles. The minimum Gasteiger partial charge on any atom is -0.482 e. The fourth-order valence-corrected chi connectivity index (χ4v) is 3.22. The number of carboxylic acids is 1.